The Morgan fingerprint density at radius 2 is 1.54 bits per heavy atom. The van der Waals surface area contributed by atoms with Crippen LogP contribution in [0.1, 0.15) is 132 Å². The molecule has 0 aliphatic heterocycles. The summed E-state index contributed by atoms with van der Waals surface area (Å²) in [5.74, 6) is -0.307. The molecule has 35 heavy (non-hydrogen) atoms. The van der Waals surface area contributed by atoms with Crippen LogP contribution in [-0.4, -0.2) is 21.0 Å². The lowest BCUT2D eigenvalue weighted by Gasteiger charge is -2.14. The maximum atomic E-state index is 10.3. The minimum Gasteiger partial charge on any atom is -0.481 e. The molecule has 0 bridgehead atoms. The van der Waals surface area contributed by atoms with Crippen LogP contribution in [0.2, 0.25) is 0 Å². The van der Waals surface area contributed by atoms with Crippen LogP contribution >= 0.6 is 0 Å². The molecule has 0 amide bonds. The van der Waals surface area contributed by atoms with Crippen LogP contribution in [0, 0.1) is 13.8 Å². The van der Waals surface area contributed by atoms with E-state index in [1.54, 1.807) is 6.33 Å². The van der Waals surface area contributed by atoms with Crippen LogP contribution in [0.3, 0.4) is 0 Å². The third-order valence-corrected chi connectivity index (χ3v) is 6.73. The van der Waals surface area contributed by atoms with Crippen LogP contribution in [0.5, 0.6) is 0 Å². The molecular formula is C31H50N2O2. The van der Waals surface area contributed by atoms with E-state index in [2.05, 4.69) is 68.0 Å². The Bertz CT molecular complexity index is 811. The van der Waals surface area contributed by atoms with Gasteiger partial charge in [-0.05, 0) is 62.6 Å². The quantitative estimate of drug-likeness (QED) is 0.174. The highest BCUT2D eigenvalue weighted by Crippen LogP contribution is 2.26. The van der Waals surface area contributed by atoms with Gasteiger partial charge in [-0.25, -0.2) is 4.98 Å². The van der Waals surface area contributed by atoms with E-state index < -0.39 is 5.97 Å². The summed E-state index contributed by atoms with van der Waals surface area (Å²) in [6.07, 6.45) is 24.9. The standard InChI is InChI=1S/C18H34O2.C13H16N2/c1-2-3-4-5-6-7-8-9-10-11-12-13-14-15-16-17-18(19)20;1-9-5-4-6-12(10(9)2)11(3)13-7-14-8-15-13/h9-10H,2-8,11-17H2,1H3,(H,19,20);4-8,11H,1-3H3,(H,14,15)/b10-9-;. The number of hydrogen-bond acceptors (Lipinski definition) is 2. The van der Waals surface area contributed by atoms with E-state index in [4.69, 9.17) is 5.11 Å². The number of H-pyrrole nitrogens is 1. The highest BCUT2D eigenvalue weighted by Gasteiger charge is 2.12. The van der Waals surface area contributed by atoms with Crippen LogP contribution in [-0.2, 0) is 4.79 Å². The molecule has 1 aromatic carbocycles. The van der Waals surface area contributed by atoms with E-state index in [1.807, 2.05) is 6.20 Å². The molecule has 1 atom stereocenters. The minimum absolute atomic E-state index is 0.332. The first-order valence-electron chi connectivity index (χ1n) is 13.9. The SMILES string of the molecule is CCCCCCCC/C=C\CCCCCCCC(=O)O.Cc1cccc(C(C)c2c[nH]cn2)c1C. The zero-order valence-electron chi connectivity index (χ0n) is 22.8. The summed E-state index contributed by atoms with van der Waals surface area (Å²) >= 11 is 0. The highest BCUT2D eigenvalue weighted by atomic mass is 16.4. The summed E-state index contributed by atoms with van der Waals surface area (Å²) in [6, 6.07) is 6.44. The molecule has 0 radical (unpaired) electrons. The smallest absolute Gasteiger partial charge is 0.303 e. The van der Waals surface area contributed by atoms with Crippen LogP contribution in [0.25, 0.3) is 0 Å². The first-order valence-corrected chi connectivity index (χ1v) is 13.9. The molecule has 2 rings (SSSR count). The molecule has 4 heteroatoms. The van der Waals surface area contributed by atoms with Crippen molar-refractivity contribution < 1.29 is 9.90 Å². The third-order valence-electron chi connectivity index (χ3n) is 6.73. The predicted molar refractivity (Wildman–Crippen MR) is 149 cm³/mol. The molecule has 4 nitrogen and oxygen atoms in total. The fraction of sp³-hybridized carbons (Fsp3) is 0.613. The van der Waals surface area contributed by atoms with Crippen molar-refractivity contribution >= 4 is 5.97 Å². The van der Waals surface area contributed by atoms with Gasteiger partial charge in [0.25, 0.3) is 0 Å². The predicted octanol–water partition coefficient (Wildman–Crippen LogP) is 9.29. The molecule has 0 aliphatic carbocycles. The summed E-state index contributed by atoms with van der Waals surface area (Å²) in [6.45, 7) is 8.77. The number of benzene rings is 1. The van der Waals surface area contributed by atoms with Gasteiger partial charge >= 0.3 is 5.97 Å². The number of aliphatic carboxylic acids is 1. The highest BCUT2D eigenvalue weighted by molar-refractivity contribution is 5.66. The van der Waals surface area contributed by atoms with Gasteiger partial charge in [0.05, 0.1) is 12.0 Å². The van der Waals surface area contributed by atoms with Crippen LogP contribution in [0.4, 0.5) is 0 Å². The number of aryl methyl sites for hydroxylation is 1. The molecular weight excluding hydrogens is 432 g/mol. The van der Waals surface area contributed by atoms with Crippen molar-refractivity contribution in [3.63, 3.8) is 0 Å². The van der Waals surface area contributed by atoms with Crippen LogP contribution < -0.4 is 0 Å². The van der Waals surface area contributed by atoms with E-state index in [0.717, 1.165) is 18.5 Å². The Balaban J connectivity index is 0.000000362. The molecule has 1 heterocycles. The average molecular weight is 483 g/mol. The zero-order valence-corrected chi connectivity index (χ0v) is 22.8. The van der Waals surface area contributed by atoms with Crippen molar-refractivity contribution in [1.82, 2.24) is 9.97 Å². The summed E-state index contributed by atoms with van der Waals surface area (Å²) in [7, 11) is 0. The zero-order chi connectivity index (χ0) is 25.7. The number of allylic oxidation sites excluding steroid dienone is 2. The number of imidazole rings is 1. The van der Waals surface area contributed by atoms with E-state index >= 15 is 0 Å². The van der Waals surface area contributed by atoms with Gasteiger partial charge in [-0.15, -0.1) is 0 Å². The molecule has 0 fully saturated rings. The van der Waals surface area contributed by atoms with Gasteiger partial charge in [0, 0.05) is 18.5 Å². The molecule has 0 aliphatic rings. The monoisotopic (exact) mass is 482 g/mol. The van der Waals surface area contributed by atoms with Crippen molar-refractivity contribution in [3.8, 4) is 0 Å². The van der Waals surface area contributed by atoms with Gasteiger partial charge in [0.2, 0.25) is 0 Å². The Labute approximate surface area is 214 Å². The number of aromatic amines is 1. The molecule has 1 aromatic heterocycles. The van der Waals surface area contributed by atoms with E-state index in [9.17, 15) is 4.79 Å². The number of nitrogens with one attached hydrogen (secondary N) is 1. The lowest BCUT2D eigenvalue weighted by Crippen LogP contribution is -2.00. The molecule has 196 valence electrons. The van der Waals surface area contributed by atoms with Gasteiger partial charge < -0.3 is 10.1 Å². The lowest BCUT2D eigenvalue weighted by atomic mass is 9.92. The molecule has 0 saturated carbocycles. The summed E-state index contributed by atoms with van der Waals surface area (Å²) in [5, 5.41) is 8.51. The number of carboxylic acid groups (broad SMARTS) is 1. The number of rotatable bonds is 17. The Morgan fingerprint density at radius 1 is 0.943 bits per heavy atom. The number of carbonyl (C=O) groups is 1. The second-order valence-corrected chi connectivity index (χ2v) is 9.73. The Kier molecular flexibility index (Phi) is 17.4. The van der Waals surface area contributed by atoms with E-state index in [0.29, 0.717) is 12.3 Å². The Morgan fingerprint density at radius 3 is 2.11 bits per heavy atom. The first-order chi connectivity index (χ1) is 17.0. The van der Waals surface area contributed by atoms with Gasteiger partial charge in [0.1, 0.15) is 0 Å². The average Bonchev–Trinajstić information content (AvgIpc) is 3.38. The van der Waals surface area contributed by atoms with Gasteiger partial charge in [0.15, 0.2) is 0 Å². The molecule has 0 spiro atoms. The van der Waals surface area contributed by atoms with Crippen molar-refractivity contribution in [3.05, 3.63) is 65.3 Å². The minimum atomic E-state index is -0.664. The molecule has 2 N–H and O–H groups in total. The van der Waals surface area contributed by atoms with Crippen LogP contribution in [0.15, 0.2) is 42.9 Å². The number of aromatic nitrogens is 2. The van der Waals surface area contributed by atoms with Crippen molar-refractivity contribution in [2.24, 2.45) is 0 Å². The van der Waals surface area contributed by atoms with Gasteiger partial charge in [-0.3, -0.25) is 4.79 Å². The topological polar surface area (TPSA) is 66.0 Å². The number of nitrogens with zero attached hydrogens (tertiary/aromatic N) is 1. The third kappa shape index (κ3) is 14.6. The van der Waals surface area contributed by atoms with Crippen molar-refractivity contribution in [2.75, 3.05) is 0 Å². The first kappa shape index (κ1) is 30.7. The maximum absolute atomic E-state index is 10.3. The van der Waals surface area contributed by atoms with Gasteiger partial charge in [-0.2, -0.15) is 0 Å². The van der Waals surface area contributed by atoms with E-state index in [-0.39, 0.29) is 0 Å². The number of unbranched alkanes of at least 4 members (excludes halogenated alkanes) is 11. The summed E-state index contributed by atoms with van der Waals surface area (Å²) < 4.78 is 0. The molecule has 0 saturated heterocycles. The molecule has 1 unspecified atom stereocenters. The number of hydrogen-bond donors (Lipinski definition) is 2. The van der Waals surface area contributed by atoms with E-state index in [1.165, 1.54) is 87.3 Å². The summed E-state index contributed by atoms with van der Waals surface area (Å²) in [5.41, 5.74) is 5.17. The number of carboxylic acids is 1. The summed E-state index contributed by atoms with van der Waals surface area (Å²) in [4.78, 5) is 17.6. The fourth-order valence-corrected chi connectivity index (χ4v) is 4.26. The second-order valence-electron chi connectivity index (χ2n) is 9.73. The molecule has 2 aromatic rings. The van der Waals surface area contributed by atoms with Gasteiger partial charge in [-0.1, -0.05) is 95.6 Å². The Hall–Kier alpha value is -2.36. The normalized spacial score (nSPS) is 11.9. The largest absolute Gasteiger partial charge is 0.481 e. The van der Waals surface area contributed by atoms with Crippen molar-refractivity contribution in [2.45, 2.75) is 124 Å². The van der Waals surface area contributed by atoms with Crippen molar-refractivity contribution in [1.29, 1.82) is 0 Å². The fourth-order valence-electron chi connectivity index (χ4n) is 4.26. The second kappa shape index (κ2) is 19.9. The maximum Gasteiger partial charge on any atom is 0.303 e. The lowest BCUT2D eigenvalue weighted by molar-refractivity contribution is -0.137.